The summed E-state index contributed by atoms with van der Waals surface area (Å²) in [5, 5.41) is 29.4. The number of anilines is 1. The third-order valence-corrected chi connectivity index (χ3v) is 3.76. The fraction of sp³-hybridized carbons (Fsp3) is 0.111. The average molecular weight is 347 g/mol. The van der Waals surface area contributed by atoms with E-state index in [1.807, 2.05) is 41.0 Å². The van der Waals surface area contributed by atoms with E-state index in [1.165, 1.54) is 0 Å². The van der Waals surface area contributed by atoms with Crippen LogP contribution in [0.4, 0.5) is 5.69 Å². The van der Waals surface area contributed by atoms with Crippen LogP contribution >= 0.6 is 0 Å². The Bertz CT molecular complexity index is 1020. The van der Waals surface area contributed by atoms with Crippen molar-refractivity contribution in [3.8, 4) is 17.5 Å². The van der Waals surface area contributed by atoms with Gasteiger partial charge in [0, 0.05) is 12.1 Å². The predicted molar refractivity (Wildman–Crippen MR) is 101 cm³/mol. The Labute approximate surface area is 149 Å². The molecular formula is C18H17N7O. The highest BCUT2D eigenvalue weighted by molar-refractivity contribution is 6.45. The van der Waals surface area contributed by atoms with Gasteiger partial charge < -0.3 is 15.4 Å². The van der Waals surface area contributed by atoms with Gasteiger partial charge in [-0.05, 0) is 18.2 Å². The molecule has 5 N–H and O–H groups in total. The van der Waals surface area contributed by atoms with Crippen LogP contribution in [0.1, 0.15) is 0 Å². The zero-order chi connectivity index (χ0) is 18.5. The number of fused-ring (bicyclic) bond motifs is 1. The number of rotatable bonds is 6. The Morgan fingerprint density at radius 1 is 1.31 bits per heavy atom. The largest absolute Gasteiger partial charge is 0.395 e. The number of benzene rings is 2. The van der Waals surface area contributed by atoms with Gasteiger partial charge in [-0.3, -0.25) is 10.8 Å². The van der Waals surface area contributed by atoms with Crippen molar-refractivity contribution in [1.82, 2.24) is 9.55 Å². The number of nitrogens with zero attached hydrogens (tertiary/aromatic N) is 4. The monoisotopic (exact) mass is 347 g/mol. The van der Waals surface area contributed by atoms with E-state index in [9.17, 15) is 5.11 Å². The van der Waals surface area contributed by atoms with Crippen LogP contribution in [0.5, 0.6) is 0 Å². The molecule has 3 rings (SSSR count). The number of hydrogen-bond acceptors (Lipinski definition) is 6. The minimum Gasteiger partial charge on any atom is -0.395 e. The quantitative estimate of drug-likeness (QED) is 0.307. The smallest absolute Gasteiger partial charge is 0.201 e. The maximum atomic E-state index is 9.41. The molecule has 0 fully saturated rings. The first kappa shape index (κ1) is 17.1. The zero-order valence-corrected chi connectivity index (χ0v) is 13.8. The molecule has 0 atom stereocenters. The van der Waals surface area contributed by atoms with E-state index in [4.69, 9.17) is 16.4 Å². The highest BCUT2D eigenvalue weighted by Gasteiger charge is 2.12. The van der Waals surface area contributed by atoms with Gasteiger partial charge in [-0.15, -0.1) is 0 Å². The van der Waals surface area contributed by atoms with Crippen LogP contribution in [-0.2, 0) is 6.54 Å². The normalized spacial score (nSPS) is 11.3. The first-order chi connectivity index (χ1) is 12.6. The summed E-state index contributed by atoms with van der Waals surface area (Å²) in [6.45, 7) is 0.425. The summed E-state index contributed by atoms with van der Waals surface area (Å²) < 4.78 is 1.95. The second-order valence-corrected chi connectivity index (χ2v) is 5.48. The fourth-order valence-electron chi connectivity index (χ4n) is 2.60. The van der Waals surface area contributed by atoms with Crippen LogP contribution < -0.4 is 11.2 Å². The number of aromatic nitrogens is 2. The van der Waals surface area contributed by atoms with Crippen molar-refractivity contribution in [1.29, 1.82) is 10.7 Å². The van der Waals surface area contributed by atoms with Gasteiger partial charge in [0.25, 0.3) is 0 Å². The van der Waals surface area contributed by atoms with E-state index in [2.05, 4.69) is 15.5 Å². The van der Waals surface area contributed by atoms with Crippen LogP contribution in [0.25, 0.3) is 22.4 Å². The maximum absolute atomic E-state index is 9.41. The summed E-state index contributed by atoms with van der Waals surface area (Å²) >= 11 is 0. The van der Waals surface area contributed by atoms with Crippen LogP contribution in [0.3, 0.4) is 0 Å². The lowest BCUT2D eigenvalue weighted by Gasteiger charge is -2.07. The molecule has 2 aromatic carbocycles. The van der Waals surface area contributed by atoms with Crippen molar-refractivity contribution < 1.29 is 5.11 Å². The van der Waals surface area contributed by atoms with Crippen molar-refractivity contribution in [3.63, 3.8) is 0 Å². The van der Waals surface area contributed by atoms with Crippen molar-refractivity contribution in [3.05, 3.63) is 48.5 Å². The van der Waals surface area contributed by atoms with Crippen molar-refractivity contribution >= 4 is 28.3 Å². The van der Waals surface area contributed by atoms with Crippen molar-refractivity contribution in [2.24, 2.45) is 10.8 Å². The molecule has 0 bridgehead atoms. The molecule has 0 saturated heterocycles. The number of nitriles is 1. The molecule has 0 amide bonds. The number of aliphatic hydroxyl groups excluding tert-OH is 1. The topological polar surface area (TPSA) is 136 Å². The third-order valence-electron chi connectivity index (χ3n) is 3.76. The number of amidine groups is 1. The van der Waals surface area contributed by atoms with E-state index in [-0.39, 0.29) is 12.3 Å². The number of imidazole rings is 1. The molecule has 0 spiro atoms. The average Bonchev–Trinajstić information content (AvgIpc) is 3.01. The second kappa shape index (κ2) is 7.46. The molecule has 0 aliphatic rings. The Hall–Kier alpha value is -3.70. The van der Waals surface area contributed by atoms with Gasteiger partial charge >= 0.3 is 0 Å². The van der Waals surface area contributed by atoms with Gasteiger partial charge in [0.05, 0.1) is 23.3 Å². The molecule has 26 heavy (non-hydrogen) atoms. The summed E-state index contributed by atoms with van der Waals surface area (Å²) in [7, 11) is 0. The molecule has 0 aliphatic heterocycles. The van der Waals surface area contributed by atoms with Gasteiger partial charge in [0.1, 0.15) is 11.9 Å². The standard InChI is InChI=1S/C18H17N7O/c19-11-15(17(20)21)24-23-13-6-7-16-14(10-13)22-18(25(16)8-9-26)12-4-2-1-3-5-12/h1-7,10,23,26H,8-9H2,(H3,20,21)/b24-15+. The SMILES string of the molecule is N#C/C(=N\Nc1ccc2c(c1)nc(-c1ccccc1)n2CCO)C(=N)N. The maximum Gasteiger partial charge on any atom is 0.201 e. The molecule has 0 saturated carbocycles. The number of nitrogens with two attached hydrogens (primary N) is 1. The minimum atomic E-state index is -0.403. The first-order valence-electron chi connectivity index (χ1n) is 7.89. The number of hydrazone groups is 1. The van der Waals surface area contributed by atoms with E-state index >= 15 is 0 Å². The molecule has 8 heteroatoms. The highest BCUT2D eigenvalue weighted by atomic mass is 16.3. The summed E-state index contributed by atoms with van der Waals surface area (Å²) in [6, 6.07) is 16.9. The summed E-state index contributed by atoms with van der Waals surface area (Å²) in [6.07, 6.45) is 0. The van der Waals surface area contributed by atoms with Gasteiger partial charge in [-0.2, -0.15) is 10.4 Å². The fourth-order valence-corrected chi connectivity index (χ4v) is 2.60. The van der Waals surface area contributed by atoms with Gasteiger partial charge in [-0.25, -0.2) is 4.98 Å². The Morgan fingerprint density at radius 2 is 2.08 bits per heavy atom. The van der Waals surface area contributed by atoms with Crippen LogP contribution in [0, 0.1) is 16.7 Å². The molecule has 1 heterocycles. The Balaban J connectivity index is 2.03. The second-order valence-electron chi connectivity index (χ2n) is 5.48. The molecule has 130 valence electrons. The van der Waals surface area contributed by atoms with Crippen molar-refractivity contribution in [2.45, 2.75) is 6.54 Å². The molecule has 3 aromatic rings. The van der Waals surface area contributed by atoms with Gasteiger partial charge in [0.15, 0.2) is 5.84 Å². The Kier molecular flexibility index (Phi) is 4.92. The number of aliphatic hydroxyl groups is 1. The molecule has 0 unspecified atom stereocenters. The van der Waals surface area contributed by atoms with E-state index in [0.29, 0.717) is 12.2 Å². The minimum absolute atomic E-state index is 0.000269. The summed E-state index contributed by atoms with van der Waals surface area (Å²) in [5.41, 5.74) is 11.0. The van der Waals surface area contributed by atoms with E-state index in [0.717, 1.165) is 22.4 Å². The van der Waals surface area contributed by atoms with Crippen LogP contribution in [0.2, 0.25) is 0 Å². The van der Waals surface area contributed by atoms with E-state index in [1.54, 1.807) is 18.2 Å². The summed E-state index contributed by atoms with van der Waals surface area (Å²) in [5.74, 6) is 0.358. The molecule has 1 aromatic heterocycles. The predicted octanol–water partition coefficient (Wildman–Crippen LogP) is 1.92. The third kappa shape index (κ3) is 3.38. The zero-order valence-electron chi connectivity index (χ0n) is 13.8. The molecular weight excluding hydrogens is 330 g/mol. The highest BCUT2D eigenvalue weighted by Crippen LogP contribution is 2.26. The van der Waals surface area contributed by atoms with Crippen LogP contribution in [0.15, 0.2) is 53.6 Å². The lowest BCUT2D eigenvalue weighted by Crippen LogP contribution is -2.21. The molecule has 8 nitrogen and oxygen atoms in total. The lowest BCUT2D eigenvalue weighted by atomic mass is 10.2. The molecule has 0 radical (unpaired) electrons. The van der Waals surface area contributed by atoms with E-state index < -0.39 is 5.84 Å². The molecule has 0 aliphatic carbocycles. The summed E-state index contributed by atoms with van der Waals surface area (Å²) in [4.78, 5) is 4.68. The van der Waals surface area contributed by atoms with Crippen LogP contribution in [-0.4, -0.2) is 32.8 Å². The number of hydrogen-bond donors (Lipinski definition) is 4. The van der Waals surface area contributed by atoms with Gasteiger partial charge in [-0.1, -0.05) is 30.3 Å². The first-order valence-corrected chi connectivity index (χ1v) is 7.89. The Morgan fingerprint density at radius 3 is 2.73 bits per heavy atom. The lowest BCUT2D eigenvalue weighted by molar-refractivity contribution is 0.278. The van der Waals surface area contributed by atoms with Crippen molar-refractivity contribution in [2.75, 3.05) is 12.0 Å². The number of nitrogens with one attached hydrogen (secondary N) is 2. The van der Waals surface area contributed by atoms with Gasteiger partial charge in [0.2, 0.25) is 5.71 Å².